The number of rotatable bonds is 8. The molecule has 1 atom stereocenters. The van der Waals surface area contributed by atoms with Crippen molar-refractivity contribution >= 4 is 5.97 Å². The molecule has 1 aliphatic heterocycles. The molecule has 1 unspecified atom stereocenters. The van der Waals surface area contributed by atoms with Crippen LogP contribution in [0.4, 0.5) is 0 Å². The third-order valence-corrected chi connectivity index (χ3v) is 5.09. The van der Waals surface area contributed by atoms with Crippen molar-refractivity contribution in [1.29, 1.82) is 0 Å². The number of piperidine rings is 1. The Kier molecular flexibility index (Phi) is 6.82. The van der Waals surface area contributed by atoms with Crippen LogP contribution >= 0.6 is 0 Å². The third kappa shape index (κ3) is 5.30. The molecule has 0 radical (unpaired) electrons. The highest BCUT2D eigenvalue weighted by Gasteiger charge is 2.43. The second kappa shape index (κ2) is 9.51. The Morgan fingerprint density at radius 1 is 1.22 bits per heavy atom. The smallest absolute Gasteiger partial charge is 0.313 e. The summed E-state index contributed by atoms with van der Waals surface area (Å²) in [6.45, 7) is 5.25. The van der Waals surface area contributed by atoms with E-state index < -0.39 is 5.41 Å². The first-order valence-corrected chi connectivity index (χ1v) is 9.68. The van der Waals surface area contributed by atoms with Crippen LogP contribution in [0.15, 0.2) is 54.9 Å². The first-order chi connectivity index (χ1) is 13.2. The predicted molar refractivity (Wildman–Crippen MR) is 104 cm³/mol. The Morgan fingerprint density at radius 2 is 2.07 bits per heavy atom. The molecule has 2 heterocycles. The van der Waals surface area contributed by atoms with Gasteiger partial charge < -0.3 is 9.47 Å². The van der Waals surface area contributed by atoms with Gasteiger partial charge in [-0.1, -0.05) is 24.3 Å². The standard InChI is InChI=1S/C22H28N2O3/c1-2-26-21(25)22(12-15-27-20-9-4-3-5-10-20)11-7-14-24(18-22)17-19-8-6-13-23-16-19/h3-6,8-10,13,16H,2,7,11-12,14-15,17-18H2,1H3. The van der Waals surface area contributed by atoms with Gasteiger partial charge in [0.1, 0.15) is 5.75 Å². The van der Waals surface area contributed by atoms with Crippen LogP contribution in [-0.2, 0) is 16.1 Å². The van der Waals surface area contributed by atoms with Crippen LogP contribution in [0.1, 0.15) is 31.7 Å². The SMILES string of the molecule is CCOC(=O)C1(CCOc2ccccc2)CCCN(Cc2cccnc2)C1. The monoisotopic (exact) mass is 368 g/mol. The Labute approximate surface area is 161 Å². The van der Waals surface area contributed by atoms with Crippen LogP contribution in [0.3, 0.4) is 0 Å². The fourth-order valence-corrected chi connectivity index (χ4v) is 3.75. The van der Waals surface area contributed by atoms with Gasteiger partial charge in [0.15, 0.2) is 0 Å². The number of carbonyl (C=O) groups is 1. The topological polar surface area (TPSA) is 51.7 Å². The van der Waals surface area contributed by atoms with Crippen molar-refractivity contribution in [3.8, 4) is 5.75 Å². The van der Waals surface area contributed by atoms with Crippen molar-refractivity contribution in [2.45, 2.75) is 32.7 Å². The summed E-state index contributed by atoms with van der Waals surface area (Å²) in [5.41, 5.74) is 0.656. The summed E-state index contributed by atoms with van der Waals surface area (Å²) in [5.74, 6) is 0.733. The van der Waals surface area contributed by atoms with Crippen molar-refractivity contribution < 1.29 is 14.3 Å². The van der Waals surface area contributed by atoms with Crippen molar-refractivity contribution in [2.75, 3.05) is 26.3 Å². The zero-order valence-corrected chi connectivity index (χ0v) is 16.0. The molecule has 1 aromatic heterocycles. The van der Waals surface area contributed by atoms with Gasteiger partial charge in [0.2, 0.25) is 0 Å². The molecule has 144 valence electrons. The molecule has 5 heteroatoms. The molecule has 27 heavy (non-hydrogen) atoms. The molecule has 1 fully saturated rings. The number of pyridine rings is 1. The Bertz CT molecular complexity index is 708. The average Bonchev–Trinajstić information content (AvgIpc) is 2.70. The van der Waals surface area contributed by atoms with Gasteiger partial charge in [0.05, 0.1) is 18.6 Å². The highest BCUT2D eigenvalue weighted by Crippen LogP contribution is 2.36. The van der Waals surface area contributed by atoms with E-state index >= 15 is 0 Å². The summed E-state index contributed by atoms with van der Waals surface area (Å²) in [6.07, 6.45) is 6.14. The summed E-state index contributed by atoms with van der Waals surface area (Å²) >= 11 is 0. The second-order valence-electron chi connectivity index (χ2n) is 7.09. The van der Waals surface area contributed by atoms with Crippen LogP contribution in [0.2, 0.25) is 0 Å². The number of likely N-dealkylation sites (tertiary alicyclic amines) is 1. The number of esters is 1. The van der Waals surface area contributed by atoms with E-state index in [9.17, 15) is 4.79 Å². The minimum absolute atomic E-state index is 0.0995. The van der Waals surface area contributed by atoms with Crippen molar-refractivity contribution in [3.63, 3.8) is 0 Å². The van der Waals surface area contributed by atoms with Crippen LogP contribution in [-0.4, -0.2) is 42.2 Å². The highest BCUT2D eigenvalue weighted by atomic mass is 16.5. The van der Waals surface area contributed by atoms with E-state index in [1.54, 1.807) is 6.20 Å². The fourth-order valence-electron chi connectivity index (χ4n) is 3.75. The minimum atomic E-state index is -0.509. The molecular weight excluding hydrogens is 340 g/mol. The lowest BCUT2D eigenvalue weighted by Gasteiger charge is -2.41. The molecule has 0 amide bonds. The van der Waals surface area contributed by atoms with E-state index in [2.05, 4.69) is 16.0 Å². The molecule has 1 aliphatic rings. The van der Waals surface area contributed by atoms with E-state index in [0.29, 0.717) is 26.2 Å². The summed E-state index contributed by atoms with van der Waals surface area (Å²) in [4.78, 5) is 19.4. The molecule has 0 bridgehead atoms. The van der Waals surface area contributed by atoms with Crippen molar-refractivity contribution in [1.82, 2.24) is 9.88 Å². The quantitative estimate of drug-likeness (QED) is 0.665. The first kappa shape index (κ1) is 19.4. The van der Waals surface area contributed by atoms with Crippen molar-refractivity contribution in [3.05, 3.63) is 60.4 Å². The maximum absolute atomic E-state index is 12.8. The van der Waals surface area contributed by atoms with Gasteiger partial charge >= 0.3 is 5.97 Å². The molecule has 5 nitrogen and oxygen atoms in total. The number of para-hydroxylation sites is 1. The molecular formula is C22H28N2O3. The Morgan fingerprint density at radius 3 is 2.81 bits per heavy atom. The maximum atomic E-state index is 12.8. The number of aromatic nitrogens is 1. The highest BCUT2D eigenvalue weighted by molar-refractivity contribution is 5.77. The molecule has 0 spiro atoms. The lowest BCUT2D eigenvalue weighted by Crippen LogP contribution is -2.49. The van der Waals surface area contributed by atoms with Crippen LogP contribution in [0.5, 0.6) is 5.75 Å². The van der Waals surface area contributed by atoms with Gasteiger partial charge in [-0.2, -0.15) is 0 Å². The normalized spacial score (nSPS) is 20.2. The summed E-state index contributed by atoms with van der Waals surface area (Å²) in [5, 5.41) is 0. The molecule has 0 saturated carbocycles. The maximum Gasteiger partial charge on any atom is 0.313 e. The fraction of sp³-hybridized carbons (Fsp3) is 0.455. The third-order valence-electron chi connectivity index (χ3n) is 5.09. The van der Waals surface area contributed by atoms with Gasteiger partial charge in [-0.15, -0.1) is 0 Å². The van der Waals surface area contributed by atoms with Gasteiger partial charge in [0.25, 0.3) is 0 Å². The molecule has 1 aromatic carbocycles. The predicted octanol–water partition coefficient (Wildman–Crippen LogP) is 3.70. The molecule has 1 saturated heterocycles. The van der Waals surface area contributed by atoms with Crippen LogP contribution in [0, 0.1) is 5.41 Å². The summed E-state index contributed by atoms with van der Waals surface area (Å²) in [6, 6.07) is 13.8. The molecule has 3 rings (SSSR count). The number of benzene rings is 1. The van der Waals surface area contributed by atoms with Crippen LogP contribution < -0.4 is 4.74 Å². The molecule has 2 aromatic rings. The van der Waals surface area contributed by atoms with E-state index in [0.717, 1.165) is 37.2 Å². The Hall–Kier alpha value is -2.40. The van der Waals surface area contributed by atoms with Gasteiger partial charge in [-0.3, -0.25) is 14.7 Å². The Balaban J connectivity index is 1.66. The van der Waals surface area contributed by atoms with E-state index in [1.165, 1.54) is 0 Å². The van der Waals surface area contributed by atoms with Crippen molar-refractivity contribution in [2.24, 2.45) is 5.41 Å². The number of hydrogen-bond acceptors (Lipinski definition) is 5. The van der Waals surface area contributed by atoms with Crippen LogP contribution in [0.25, 0.3) is 0 Å². The van der Waals surface area contributed by atoms with Gasteiger partial charge in [-0.25, -0.2) is 0 Å². The molecule has 0 aliphatic carbocycles. The van der Waals surface area contributed by atoms with Gasteiger partial charge in [-0.05, 0) is 56.5 Å². The number of ether oxygens (including phenoxy) is 2. The summed E-state index contributed by atoms with van der Waals surface area (Å²) in [7, 11) is 0. The largest absolute Gasteiger partial charge is 0.494 e. The van der Waals surface area contributed by atoms with E-state index in [1.807, 2.05) is 49.5 Å². The number of carbonyl (C=O) groups excluding carboxylic acids is 1. The number of hydrogen-bond donors (Lipinski definition) is 0. The first-order valence-electron chi connectivity index (χ1n) is 9.68. The molecule has 0 N–H and O–H groups in total. The van der Waals surface area contributed by atoms with E-state index in [-0.39, 0.29) is 5.97 Å². The zero-order valence-electron chi connectivity index (χ0n) is 16.0. The number of nitrogens with zero attached hydrogens (tertiary/aromatic N) is 2. The second-order valence-corrected chi connectivity index (χ2v) is 7.09. The summed E-state index contributed by atoms with van der Waals surface area (Å²) < 4.78 is 11.3. The van der Waals surface area contributed by atoms with Gasteiger partial charge in [0, 0.05) is 25.5 Å². The average molecular weight is 368 g/mol. The lowest BCUT2D eigenvalue weighted by atomic mass is 9.77. The zero-order chi connectivity index (χ0) is 19.0. The lowest BCUT2D eigenvalue weighted by molar-refractivity contribution is -0.160. The van der Waals surface area contributed by atoms with E-state index in [4.69, 9.17) is 9.47 Å². The minimum Gasteiger partial charge on any atom is -0.494 e.